The Balaban J connectivity index is 2.04. The van der Waals surface area contributed by atoms with E-state index in [0.717, 1.165) is 0 Å². The van der Waals surface area contributed by atoms with Crippen molar-refractivity contribution in [2.24, 2.45) is 5.73 Å². The van der Waals surface area contributed by atoms with E-state index in [9.17, 15) is 14.7 Å². The van der Waals surface area contributed by atoms with Crippen LogP contribution in [0.2, 0.25) is 0 Å². The van der Waals surface area contributed by atoms with Gasteiger partial charge in [-0.3, -0.25) is 9.59 Å². The number of hydrogen-bond donors (Lipinski definition) is 2. The number of aliphatic hydroxyl groups is 1. The topological polar surface area (TPSA) is 96.1 Å². The Morgan fingerprint density at radius 2 is 2.14 bits per heavy atom. The third-order valence-electron chi connectivity index (χ3n) is 3.63. The molecule has 1 aliphatic heterocycles. The van der Waals surface area contributed by atoms with Gasteiger partial charge in [0.15, 0.2) is 0 Å². The van der Waals surface area contributed by atoms with Crippen molar-refractivity contribution in [3.63, 3.8) is 0 Å². The fourth-order valence-electron chi connectivity index (χ4n) is 2.41. The van der Waals surface area contributed by atoms with Crippen LogP contribution in [0, 0.1) is 0 Å². The van der Waals surface area contributed by atoms with Crippen LogP contribution in [-0.4, -0.2) is 61.2 Å². The van der Waals surface area contributed by atoms with Crippen molar-refractivity contribution in [2.45, 2.75) is 12.5 Å². The van der Waals surface area contributed by atoms with E-state index in [1.54, 1.807) is 18.1 Å². The van der Waals surface area contributed by atoms with Crippen molar-refractivity contribution in [3.05, 3.63) is 24.3 Å². The van der Waals surface area contributed by atoms with Gasteiger partial charge in [-0.15, -0.1) is 0 Å². The van der Waals surface area contributed by atoms with Crippen LogP contribution in [-0.2, 0) is 9.59 Å². The van der Waals surface area contributed by atoms with Gasteiger partial charge in [0.05, 0.1) is 25.3 Å². The van der Waals surface area contributed by atoms with Gasteiger partial charge in [-0.25, -0.2) is 0 Å². The first kappa shape index (κ1) is 16.3. The summed E-state index contributed by atoms with van der Waals surface area (Å²) in [6.07, 6.45) is -0.923. The zero-order valence-corrected chi connectivity index (χ0v) is 12.6. The Morgan fingerprint density at radius 1 is 1.41 bits per heavy atom. The molecule has 0 aliphatic carbocycles. The standard InChI is InChI=1S/C15H21N3O4/c1-22-13-5-3-2-4-12(13)18-7-6-17(10-15(18)21)14(20)8-11(19)9-16/h2-5,11,19H,6-10,16H2,1H3/t11-/m0/s1. The van der Waals surface area contributed by atoms with Gasteiger partial charge >= 0.3 is 0 Å². The number of anilines is 1. The van der Waals surface area contributed by atoms with E-state index >= 15 is 0 Å². The molecule has 1 aliphatic rings. The highest BCUT2D eigenvalue weighted by molar-refractivity contribution is 5.99. The Labute approximate surface area is 129 Å². The Hall–Kier alpha value is -2.12. The maximum atomic E-state index is 12.3. The summed E-state index contributed by atoms with van der Waals surface area (Å²) >= 11 is 0. The molecule has 1 saturated heterocycles. The van der Waals surface area contributed by atoms with E-state index in [-0.39, 0.29) is 31.3 Å². The second kappa shape index (κ2) is 7.24. The van der Waals surface area contributed by atoms with Gasteiger partial charge in [-0.2, -0.15) is 0 Å². The fraction of sp³-hybridized carbons (Fsp3) is 0.467. The molecule has 1 fully saturated rings. The minimum Gasteiger partial charge on any atom is -0.495 e. The van der Waals surface area contributed by atoms with Gasteiger partial charge in [0.1, 0.15) is 12.3 Å². The third kappa shape index (κ3) is 3.55. The molecule has 1 atom stereocenters. The number of ether oxygens (including phenoxy) is 1. The third-order valence-corrected chi connectivity index (χ3v) is 3.63. The van der Waals surface area contributed by atoms with Crippen molar-refractivity contribution in [3.8, 4) is 5.75 Å². The fourth-order valence-corrected chi connectivity index (χ4v) is 2.41. The number of benzene rings is 1. The number of carbonyl (C=O) groups is 2. The second-order valence-corrected chi connectivity index (χ2v) is 5.13. The Kier molecular flexibility index (Phi) is 5.35. The van der Waals surface area contributed by atoms with Crippen LogP contribution in [0.1, 0.15) is 6.42 Å². The number of aliphatic hydroxyl groups excluding tert-OH is 1. The maximum absolute atomic E-state index is 12.3. The lowest BCUT2D eigenvalue weighted by Crippen LogP contribution is -2.53. The molecule has 7 nitrogen and oxygen atoms in total. The molecule has 0 unspecified atom stereocenters. The molecule has 7 heteroatoms. The lowest BCUT2D eigenvalue weighted by molar-refractivity contribution is -0.138. The van der Waals surface area contributed by atoms with Crippen LogP contribution in [0.5, 0.6) is 5.75 Å². The summed E-state index contributed by atoms with van der Waals surface area (Å²) in [5.74, 6) is 0.187. The van der Waals surface area contributed by atoms with E-state index < -0.39 is 6.10 Å². The molecule has 1 aromatic rings. The average molecular weight is 307 g/mol. The van der Waals surface area contributed by atoms with Crippen molar-refractivity contribution in [1.82, 2.24) is 4.90 Å². The van der Waals surface area contributed by atoms with Crippen molar-refractivity contribution in [2.75, 3.05) is 38.2 Å². The summed E-state index contributed by atoms with van der Waals surface area (Å²) in [4.78, 5) is 27.4. The molecule has 2 amide bonds. The summed E-state index contributed by atoms with van der Waals surface area (Å²) < 4.78 is 5.27. The highest BCUT2D eigenvalue weighted by Crippen LogP contribution is 2.28. The van der Waals surface area contributed by atoms with Crippen molar-refractivity contribution >= 4 is 17.5 Å². The van der Waals surface area contributed by atoms with E-state index in [1.165, 1.54) is 4.90 Å². The number of carbonyl (C=O) groups excluding carboxylic acids is 2. The highest BCUT2D eigenvalue weighted by atomic mass is 16.5. The molecule has 2 rings (SSSR count). The summed E-state index contributed by atoms with van der Waals surface area (Å²) in [5, 5.41) is 9.44. The van der Waals surface area contributed by atoms with Gasteiger partial charge in [-0.1, -0.05) is 12.1 Å². The minimum absolute atomic E-state index is 0.00578. The van der Waals surface area contributed by atoms with Crippen LogP contribution in [0.3, 0.4) is 0 Å². The Morgan fingerprint density at radius 3 is 2.77 bits per heavy atom. The summed E-state index contributed by atoms with van der Waals surface area (Å²) in [6.45, 7) is 0.832. The predicted octanol–water partition coefficient (Wildman–Crippen LogP) is -0.420. The number of nitrogens with zero attached hydrogens (tertiary/aromatic N) is 2. The molecule has 0 aromatic heterocycles. The number of rotatable bonds is 5. The zero-order valence-electron chi connectivity index (χ0n) is 12.6. The number of para-hydroxylation sites is 2. The summed E-state index contributed by atoms with van der Waals surface area (Å²) in [5.41, 5.74) is 6.00. The predicted molar refractivity (Wildman–Crippen MR) is 81.6 cm³/mol. The molecule has 0 radical (unpaired) electrons. The number of nitrogens with two attached hydrogens (primary N) is 1. The average Bonchev–Trinajstić information content (AvgIpc) is 2.54. The molecular formula is C15H21N3O4. The first-order chi connectivity index (χ1) is 10.6. The van der Waals surface area contributed by atoms with E-state index in [1.807, 2.05) is 18.2 Å². The number of piperazine rings is 1. The van der Waals surface area contributed by atoms with Crippen molar-refractivity contribution in [1.29, 1.82) is 0 Å². The first-order valence-electron chi connectivity index (χ1n) is 7.16. The van der Waals surface area contributed by atoms with Crippen LogP contribution in [0.4, 0.5) is 5.69 Å². The van der Waals surface area contributed by atoms with Crippen LogP contribution in [0.25, 0.3) is 0 Å². The molecular weight excluding hydrogens is 286 g/mol. The van der Waals surface area contributed by atoms with Crippen LogP contribution < -0.4 is 15.4 Å². The smallest absolute Gasteiger partial charge is 0.246 e. The van der Waals surface area contributed by atoms with Crippen LogP contribution >= 0.6 is 0 Å². The van der Waals surface area contributed by atoms with Gasteiger partial charge in [0.25, 0.3) is 0 Å². The van der Waals surface area contributed by atoms with Crippen LogP contribution in [0.15, 0.2) is 24.3 Å². The largest absolute Gasteiger partial charge is 0.495 e. The first-order valence-corrected chi connectivity index (χ1v) is 7.16. The van der Waals surface area contributed by atoms with E-state index in [0.29, 0.717) is 24.5 Å². The molecule has 120 valence electrons. The van der Waals surface area contributed by atoms with Gasteiger partial charge in [0, 0.05) is 19.6 Å². The molecule has 1 aromatic carbocycles. The monoisotopic (exact) mass is 307 g/mol. The van der Waals surface area contributed by atoms with Crippen molar-refractivity contribution < 1.29 is 19.4 Å². The number of hydrogen-bond acceptors (Lipinski definition) is 5. The molecule has 3 N–H and O–H groups in total. The lowest BCUT2D eigenvalue weighted by Gasteiger charge is -2.35. The van der Waals surface area contributed by atoms with Gasteiger partial charge in [-0.05, 0) is 12.1 Å². The lowest BCUT2D eigenvalue weighted by atomic mass is 10.2. The van der Waals surface area contributed by atoms with Gasteiger partial charge in [0.2, 0.25) is 11.8 Å². The second-order valence-electron chi connectivity index (χ2n) is 5.13. The van der Waals surface area contributed by atoms with E-state index in [4.69, 9.17) is 10.5 Å². The molecule has 22 heavy (non-hydrogen) atoms. The number of methoxy groups -OCH3 is 1. The molecule has 0 bridgehead atoms. The summed E-state index contributed by atoms with van der Waals surface area (Å²) in [6, 6.07) is 7.27. The normalized spacial score (nSPS) is 16.6. The minimum atomic E-state index is -0.866. The quantitative estimate of drug-likeness (QED) is 0.770. The molecule has 1 heterocycles. The maximum Gasteiger partial charge on any atom is 0.246 e. The highest BCUT2D eigenvalue weighted by Gasteiger charge is 2.29. The SMILES string of the molecule is COc1ccccc1N1CCN(C(=O)C[C@H](O)CN)CC1=O. The Bertz CT molecular complexity index is 549. The number of amides is 2. The van der Waals surface area contributed by atoms with E-state index in [2.05, 4.69) is 0 Å². The molecule has 0 spiro atoms. The molecule has 0 saturated carbocycles. The zero-order chi connectivity index (χ0) is 16.1. The summed E-state index contributed by atoms with van der Waals surface area (Å²) in [7, 11) is 1.55. The van der Waals surface area contributed by atoms with Gasteiger partial charge < -0.3 is 25.4 Å².